The molecule has 0 amide bonds. The van der Waals surface area contributed by atoms with E-state index in [1.165, 1.54) is 12.1 Å². The molecule has 1 saturated heterocycles. The van der Waals surface area contributed by atoms with Crippen molar-refractivity contribution in [1.82, 2.24) is 4.90 Å². The van der Waals surface area contributed by atoms with Crippen LogP contribution in [0.1, 0.15) is 0 Å². The zero-order valence-corrected chi connectivity index (χ0v) is 12.7. The van der Waals surface area contributed by atoms with Crippen LogP contribution in [0.25, 0.3) is 0 Å². The first-order valence-electron chi connectivity index (χ1n) is 6.96. The lowest BCUT2D eigenvalue weighted by atomic mass is 10.3. The Labute approximate surface area is 127 Å². The number of hydrogen-bond acceptors (Lipinski definition) is 6. The minimum atomic E-state index is -2.19. The van der Waals surface area contributed by atoms with Gasteiger partial charge in [0.25, 0.3) is 0 Å². The molecule has 1 fully saturated rings. The molecule has 1 aliphatic heterocycles. The predicted molar refractivity (Wildman–Crippen MR) is 77.2 cm³/mol. The SMILES string of the molecule is O=S([O-])c1ccc(OCCOCCN2CCOCC2)cc1. The van der Waals surface area contributed by atoms with Gasteiger partial charge in [0.15, 0.2) is 0 Å². The second-order valence-corrected chi connectivity index (χ2v) is 5.56. The second-order valence-electron chi connectivity index (χ2n) is 4.62. The van der Waals surface area contributed by atoms with E-state index < -0.39 is 11.1 Å². The maximum absolute atomic E-state index is 10.7. The van der Waals surface area contributed by atoms with Crippen LogP contribution in [0.3, 0.4) is 0 Å². The molecule has 21 heavy (non-hydrogen) atoms. The zero-order valence-electron chi connectivity index (χ0n) is 11.9. The fourth-order valence-electron chi connectivity index (χ4n) is 1.99. The van der Waals surface area contributed by atoms with Crippen molar-refractivity contribution in [3.05, 3.63) is 24.3 Å². The summed E-state index contributed by atoms with van der Waals surface area (Å²) in [6, 6.07) is 6.30. The average molecular weight is 314 g/mol. The van der Waals surface area contributed by atoms with Gasteiger partial charge in [0.05, 0.1) is 26.4 Å². The molecule has 1 heterocycles. The van der Waals surface area contributed by atoms with Gasteiger partial charge in [0.2, 0.25) is 0 Å². The summed E-state index contributed by atoms with van der Waals surface area (Å²) in [5, 5.41) is 0. The Balaban J connectivity index is 1.54. The van der Waals surface area contributed by atoms with E-state index in [1.54, 1.807) is 12.1 Å². The highest BCUT2D eigenvalue weighted by Crippen LogP contribution is 2.13. The summed E-state index contributed by atoms with van der Waals surface area (Å²) >= 11 is -2.19. The van der Waals surface area contributed by atoms with Crippen LogP contribution >= 0.6 is 0 Å². The van der Waals surface area contributed by atoms with Gasteiger partial charge in [0, 0.05) is 24.5 Å². The van der Waals surface area contributed by atoms with Gasteiger partial charge >= 0.3 is 0 Å². The highest BCUT2D eigenvalue weighted by molar-refractivity contribution is 7.79. The van der Waals surface area contributed by atoms with Crippen LogP contribution < -0.4 is 4.74 Å². The second kappa shape index (κ2) is 9.11. The smallest absolute Gasteiger partial charge is 0.119 e. The van der Waals surface area contributed by atoms with Gasteiger partial charge in [-0.2, -0.15) is 0 Å². The van der Waals surface area contributed by atoms with E-state index in [0.29, 0.717) is 25.6 Å². The zero-order chi connectivity index (χ0) is 14.9. The molecule has 1 unspecified atom stereocenters. The predicted octanol–water partition coefficient (Wildman–Crippen LogP) is 0.652. The van der Waals surface area contributed by atoms with Gasteiger partial charge in [-0.15, -0.1) is 0 Å². The Kier molecular flexibility index (Phi) is 7.11. The summed E-state index contributed by atoms with van der Waals surface area (Å²) in [4.78, 5) is 2.57. The van der Waals surface area contributed by atoms with Crippen LogP contribution in [0, 0.1) is 0 Å². The van der Waals surface area contributed by atoms with Crippen LogP contribution in [0.4, 0.5) is 0 Å². The first kappa shape index (κ1) is 16.4. The summed E-state index contributed by atoms with van der Waals surface area (Å²) in [7, 11) is 0. The van der Waals surface area contributed by atoms with E-state index in [-0.39, 0.29) is 4.90 Å². The number of morpholine rings is 1. The molecule has 0 radical (unpaired) electrons. The summed E-state index contributed by atoms with van der Waals surface area (Å²) in [5.41, 5.74) is 0. The largest absolute Gasteiger partial charge is 0.768 e. The Bertz CT molecular complexity index is 433. The monoisotopic (exact) mass is 314 g/mol. The van der Waals surface area contributed by atoms with E-state index in [0.717, 1.165) is 32.8 Å². The van der Waals surface area contributed by atoms with E-state index in [4.69, 9.17) is 14.2 Å². The molecule has 1 aromatic rings. The maximum Gasteiger partial charge on any atom is 0.119 e. The third-order valence-electron chi connectivity index (χ3n) is 3.17. The van der Waals surface area contributed by atoms with Crippen molar-refractivity contribution in [3.63, 3.8) is 0 Å². The van der Waals surface area contributed by atoms with E-state index >= 15 is 0 Å². The minimum absolute atomic E-state index is 0.254. The lowest BCUT2D eigenvalue weighted by Gasteiger charge is -2.26. The first-order chi connectivity index (χ1) is 10.3. The molecule has 0 aliphatic carbocycles. The van der Waals surface area contributed by atoms with Crippen LogP contribution in [-0.2, 0) is 20.6 Å². The number of ether oxygens (including phenoxy) is 3. The molecule has 0 spiro atoms. The van der Waals surface area contributed by atoms with Gasteiger partial charge in [-0.25, -0.2) is 0 Å². The lowest BCUT2D eigenvalue weighted by molar-refractivity contribution is 0.0170. The maximum atomic E-state index is 10.7. The molecule has 0 bridgehead atoms. The third-order valence-corrected chi connectivity index (χ3v) is 3.83. The molecular formula is C14H20NO5S-. The number of benzene rings is 1. The van der Waals surface area contributed by atoms with Crippen LogP contribution in [-0.4, -0.2) is 66.3 Å². The Morgan fingerprint density at radius 1 is 1.14 bits per heavy atom. The van der Waals surface area contributed by atoms with Crippen LogP contribution in [0.15, 0.2) is 29.2 Å². The standard InChI is InChI=1S/C14H21NO5S/c16-21(17)14-3-1-13(2-4-14)20-12-11-19-10-7-15-5-8-18-9-6-15/h1-4H,5-12H2,(H,16,17)/p-1. The van der Waals surface area contributed by atoms with Gasteiger partial charge in [0.1, 0.15) is 12.4 Å². The molecule has 118 valence electrons. The number of nitrogens with zero attached hydrogens (tertiary/aromatic N) is 1. The van der Waals surface area contributed by atoms with Crippen molar-refractivity contribution in [1.29, 1.82) is 0 Å². The lowest BCUT2D eigenvalue weighted by Crippen LogP contribution is -2.38. The molecule has 0 saturated carbocycles. The van der Waals surface area contributed by atoms with Crippen LogP contribution in [0.5, 0.6) is 5.75 Å². The molecule has 6 nitrogen and oxygen atoms in total. The van der Waals surface area contributed by atoms with Gasteiger partial charge in [-0.3, -0.25) is 9.11 Å². The molecule has 0 N–H and O–H groups in total. The fourth-order valence-corrected chi connectivity index (χ4v) is 2.34. The van der Waals surface area contributed by atoms with Crippen molar-refractivity contribution < 1.29 is 23.0 Å². The van der Waals surface area contributed by atoms with E-state index in [9.17, 15) is 8.76 Å². The topological polar surface area (TPSA) is 71.1 Å². The highest BCUT2D eigenvalue weighted by Gasteiger charge is 2.09. The summed E-state index contributed by atoms with van der Waals surface area (Å²) in [6.07, 6.45) is 0. The van der Waals surface area contributed by atoms with Gasteiger partial charge in [-0.05, 0) is 35.3 Å². The fraction of sp³-hybridized carbons (Fsp3) is 0.571. The summed E-state index contributed by atoms with van der Waals surface area (Å²) in [6.45, 7) is 6.08. The van der Waals surface area contributed by atoms with Gasteiger partial charge in [-0.1, -0.05) is 0 Å². The normalized spacial score (nSPS) is 17.6. The highest BCUT2D eigenvalue weighted by atomic mass is 32.2. The Hall–Kier alpha value is -0.990. The molecule has 2 rings (SSSR count). The molecule has 1 atom stereocenters. The quantitative estimate of drug-likeness (QED) is 0.518. The molecule has 0 aromatic heterocycles. The van der Waals surface area contributed by atoms with Crippen molar-refractivity contribution in [2.45, 2.75) is 4.90 Å². The van der Waals surface area contributed by atoms with Crippen molar-refractivity contribution in [2.24, 2.45) is 0 Å². The summed E-state index contributed by atoms with van der Waals surface area (Å²) in [5.74, 6) is 0.640. The average Bonchev–Trinajstić information content (AvgIpc) is 2.52. The minimum Gasteiger partial charge on any atom is -0.768 e. The van der Waals surface area contributed by atoms with Crippen molar-refractivity contribution >= 4 is 11.1 Å². The number of rotatable bonds is 8. The van der Waals surface area contributed by atoms with Gasteiger partial charge < -0.3 is 18.8 Å². The van der Waals surface area contributed by atoms with E-state index in [2.05, 4.69) is 4.90 Å². The van der Waals surface area contributed by atoms with E-state index in [1.807, 2.05) is 0 Å². The molecule has 7 heteroatoms. The van der Waals surface area contributed by atoms with Crippen molar-refractivity contribution in [3.8, 4) is 5.75 Å². The summed E-state index contributed by atoms with van der Waals surface area (Å²) < 4.78 is 37.7. The first-order valence-corrected chi connectivity index (χ1v) is 8.03. The Morgan fingerprint density at radius 2 is 1.86 bits per heavy atom. The molecule has 1 aliphatic rings. The van der Waals surface area contributed by atoms with Crippen LogP contribution in [0.2, 0.25) is 0 Å². The Morgan fingerprint density at radius 3 is 2.52 bits per heavy atom. The molecule has 1 aromatic carbocycles. The molecular weight excluding hydrogens is 294 g/mol. The third kappa shape index (κ3) is 6.11. The van der Waals surface area contributed by atoms with Crippen molar-refractivity contribution in [2.75, 3.05) is 52.7 Å². The number of hydrogen-bond donors (Lipinski definition) is 0.